The van der Waals surface area contributed by atoms with Crippen molar-refractivity contribution in [3.63, 3.8) is 0 Å². The molecule has 0 aliphatic heterocycles. The Morgan fingerprint density at radius 1 is 1.39 bits per heavy atom. The average molecular weight is 353 g/mol. The predicted octanol–water partition coefficient (Wildman–Crippen LogP) is 4.51. The van der Waals surface area contributed by atoms with E-state index >= 15 is 0 Å². The highest BCUT2D eigenvalue weighted by Gasteiger charge is 2.15. The molecule has 0 aliphatic carbocycles. The molecule has 4 nitrogen and oxygen atoms in total. The smallest absolute Gasteiger partial charge is 0.288 e. The quantitative estimate of drug-likeness (QED) is 0.702. The van der Waals surface area contributed by atoms with Crippen molar-refractivity contribution >= 4 is 44.9 Å². The van der Waals surface area contributed by atoms with Crippen LogP contribution in [0.5, 0.6) is 0 Å². The van der Waals surface area contributed by atoms with Crippen LogP contribution in [0.15, 0.2) is 35.2 Å². The van der Waals surface area contributed by atoms with Crippen molar-refractivity contribution in [2.24, 2.45) is 7.05 Å². The third kappa shape index (κ3) is 3.37. The molecule has 1 N–H and O–H groups in total. The van der Waals surface area contributed by atoms with E-state index in [1.165, 1.54) is 17.4 Å². The molecule has 0 unspecified atom stereocenters. The third-order valence-electron chi connectivity index (χ3n) is 3.24. The van der Waals surface area contributed by atoms with Crippen LogP contribution >= 0.6 is 23.1 Å². The van der Waals surface area contributed by atoms with Crippen molar-refractivity contribution in [3.8, 4) is 0 Å². The van der Waals surface area contributed by atoms with Gasteiger partial charge in [-0.15, -0.1) is 11.3 Å². The molecule has 1 aromatic carbocycles. The van der Waals surface area contributed by atoms with Crippen LogP contribution in [0, 0.1) is 6.92 Å². The van der Waals surface area contributed by atoms with E-state index < -0.39 is 5.76 Å². The lowest BCUT2D eigenvalue weighted by Crippen LogP contribution is -2.10. The monoisotopic (exact) mass is 353 g/mol. The molecule has 3 aromatic rings. The van der Waals surface area contributed by atoms with Gasteiger partial charge in [0, 0.05) is 23.0 Å². The highest BCUT2D eigenvalue weighted by Crippen LogP contribution is 2.30. The minimum atomic E-state index is -2.49. The van der Waals surface area contributed by atoms with Crippen LogP contribution in [0.1, 0.15) is 15.4 Å². The normalized spacial score (nSPS) is 11.3. The zero-order valence-corrected chi connectivity index (χ0v) is 14.0. The van der Waals surface area contributed by atoms with Crippen LogP contribution in [0.4, 0.5) is 14.5 Å². The summed E-state index contributed by atoms with van der Waals surface area (Å²) in [6, 6.07) is 8.23. The molecular formula is C15H13F2N3OS2. The fraction of sp³-hybridized carbons (Fsp3) is 0.200. The van der Waals surface area contributed by atoms with Crippen LogP contribution in [-0.2, 0) is 7.05 Å². The largest absolute Gasteiger partial charge is 0.321 e. The first-order valence-electron chi connectivity index (χ1n) is 6.73. The molecule has 0 spiro atoms. The van der Waals surface area contributed by atoms with Gasteiger partial charge in [-0.05, 0) is 31.2 Å². The topological polar surface area (TPSA) is 46.9 Å². The first-order valence-corrected chi connectivity index (χ1v) is 8.43. The number of carbonyl (C=O) groups excluding carboxylic acids is 1. The maximum absolute atomic E-state index is 12.4. The van der Waals surface area contributed by atoms with Crippen LogP contribution in [0.3, 0.4) is 0 Å². The fourth-order valence-corrected chi connectivity index (χ4v) is 3.84. The maximum Gasteiger partial charge on any atom is 0.288 e. The van der Waals surface area contributed by atoms with Gasteiger partial charge in [-0.25, -0.2) is 0 Å². The number of amides is 1. The number of thioether (sulfide) groups is 1. The van der Waals surface area contributed by atoms with E-state index in [1.807, 2.05) is 14.0 Å². The molecule has 0 fully saturated rings. The molecule has 0 atom stereocenters. The fourth-order valence-electron chi connectivity index (χ4n) is 2.26. The van der Waals surface area contributed by atoms with Crippen molar-refractivity contribution in [3.05, 3.63) is 40.9 Å². The number of nitrogens with zero attached hydrogens (tertiary/aromatic N) is 2. The average Bonchev–Trinajstić information content (AvgIpc) is 3.01. The summed E-state index contributed by atoms with van der Waals surface area (Å²) in [5, 5.41) is 7.99. The number of alkyl halides is 2. The van der Waals surface area contributed by atoms with Crippen LogP contribution < -0.4 is 5.32 Å². The van der Waals surface area contributed by atoms with Crippen LogP contribution in [-0.4, -0.2) is 21.4 Å². The number of hydrogen-bond acceptors (Lipinski definition) is 4. The Balaban J connectivity index is 1.81. The Bertz CT molecular complexity index is 838. The van der Waals surface area contributed by atoms with E-state index in [2.05, 4.69) is 10.4 Å². The van der Waals surface area contributed by atoms with Crippen LogP contribution in [0.25, 0.3) is 10.2 Å². The third-order valence-corrected chi connectivity index (χ3v) is 5.14. The first kappa shape index (κ1) is 15.9. The molecule has 0 radical (unpaired) electrons. The number of halogens is 2. The number of aryl methyl sites for hydroxylation is 2. The number of aromatic nitrogens is 2. The number of thiophene rings is 1. The SMILES string of the molecule is Cc1nn(C)c2sc(C(=O)Nc3cccc(SC(F)F)c3)cc12. The summed E-state index contributed by atoms with van der Waals surface area (Å²) in [7, 11) is 1.83. The van der Waals surface area contributed by atoms with Crippen LogP contribution in [0.2, 0.25) is 0 Å². The Morgan fingerprint density at radius 3 is 2.87 bits per heavy atom. The standard InChI is InChI=1S/C15H13F2N3OS2/c1-8-11-7-12(23-14(11)20(2)19-8)13(21)18-9-4-3-5-10(6-9)22-15(16)17/h3-7,15H,1-2H3,(H,18,21). The molecule has 2 aromatic heterocycles. The van der Waals surface area contributed by atoms with Gasteiger partial charge >= 0.3 is 0 Å². The Labute approximate surface area is 139 Å². The molecule has 3 rings (SSSR count). The highest BCUT2D eigenvalue weighted by atomic mass is 32.2. The van der Waals surface area contributed by atoms with Crippen molar-refractivity contribution in [1.82, 2.24) is 9.78 Å². The number of nitrogens with one attached hydrogen (secondary N) is 1. The summed E-state index contributed by atoms with van der Waals surface area (Å²) < 4.78 is 26.6. The van der Waals surface area contributed by atoms with Crippen molar-refractivity contribution < 1.29 is 13.6 Å². The summed E-state index contributed by atoms with van der Waals surface area (Å²) in [6.07, 6.45) is 0. The molecule has 0 bridgehead atoms. The van der Waals surface area contributed by atoms with Gasteiger partial charge in [0.25, 0.3) is 11.7 Å². The summed E-state index contributed by atoms with van der Waals surface area (Å²) in [4.78, 5) is 14.2. The molecule has 2 heterocycles. The van der Waals surface area contributed by atoms with E-state index in [-0.39, 0.29) is 5.91 Å². The molecule has 8 heteroatoms. The summed E-state index contributed by atoms with van der Waals surface area (Å²) in [5.74, 6) is -2.75. The van der Waals surface area contributed by atoms with E-state index in [1.54, 1.807) is 28.9 Å². The zero-order chi connectivity index (χ0) is 16.6. The molecule has 0 saturated carbocycles. The lowest BCUT2D eigenvalue weighted by Gasteiger charge is -2.06. The second-order valence-electron chi connectivity index (χ2n) is 4.90. The second kappa shape index (κ2) is 6.29. The van der Waals surface area contributed by atoms with Gasteiger partial charge in [0.2, 0.25) is 0 Å². The first-order chi connectivity index (χ1) is 10.9. The van der Waals surface area contributed by atoms with E-state index in [0.717, 1.165) is 15.9 Å². The molecule has 23 heavy (non-hydrogen) atoms. The Hall–Kier alpha value is -1.93. The van der Waals surface area contributed by atoms with Crippen molar-refractivity contribution in [2.45, 2.75) is 17.6 Å². The van der Waals surface area contributed by atoms with Gasteiger partial charge in [0.1, 0.15) is 4.83 Å². The molecule has 0 saturated heterocycles. The zero-order valence-electron chi connectivity index (χ0n) is 12.3. The van der Waals surface area contributed by atoms with Gasteiger partial charge in [-0.2, -0.15) is 13.9 Å². The number of anilines is 1. The number of hydrogen-bond donors (Lipinski definition) is 1. The number of benzene rings is 1. The van der Waals surface area contributed by atoms with Gasteiger partial charge in [0.15, 0.2) is 0 Å². The lowest BCUT2D eigenvalue weighted by atomic mass is 10.3. The maximum atomic E-state index is 12.4. The Morgan fingerprint density at radius 2 is 2.17 bits per heavy atom. The summed E-state index contributed by atoms with van der Waals surface area (Å²) in [5.41, 5.74) is 1.36. The van der Waals surface area contributed by atoms with Crippen molar-refractivity contribution in [1.29, 1.82) is 0 Å². The number of fused-ring (bicyclic) bond motifs is 1. The second-order valence-corrected chi connectivity index (χ2v) is 6.99. The lowest BCUT2D eigenvalue weighted by molar-refractivity contribution is 0.103. The van der Waals surface area contributed by atoms with Gasteiger partial charge < -0.3 is 5.32 Å². The van der Waals surface area contributed by atoms with E-state index in [4.69, 9.17) is 0 Å². The minimum absolute atomic E-state index is 0.259. The molecule has 120 valence electrons. The predicted molar refractivity (Wildman–Crippen MR) is 89.6 cm³/mol. The number of rotatable bonds is 4. The highest BCUT2D eigenvalue weighted by molar-refractivity contribution is 7.99. The Kier molecular flexibility index (Phi) is 4.36. The molecular weight excluding hydrogens is 340 g/mol. The van der Waals surface area contributed by atoms with Crippen molar-refractivity contribution in [2.75, 3.05) is 5.32 Å². The molecule has 0 aliphatic rings. The van der Waals surface area contributed by atoms with Gasteiger partial charge in [0.05, 0.1) is 10.6 Å². The van der Waals surface area contributed by atoms with Gasteiger partial charge in [-0.3, -0.25) is 9.48 Å². The van der Waals surface area contributed by atoms with Gasteiger partial charge in [-0.1, -0.05) is 17.8 Å². The minimum Gasteiger partial charge on any atom is -0.321 e. The van der Waals surface area contributed by atoms with E-state index in [9.17, 15) is 13.6 Å². The van der Waals surface area contributed by atoms with E-state index in [0.29, 0.717) is 27.2 Å². The number of carbonyl (C=O) groups is 1. The molecule has 1 amide bonds. The summed E-state index contributed by atoms with van der Waals surface area (Å²) in [6.45, 7) is 1.89. The summed E-state index contributed by atoms with van der Waals surface area (Å²) >= 11 is 1.80.